The van der Waals surface area contributed by atoms with Crippen molar-refractivity contribution in [1.29, 1.82) is 0 Å². The zero-order valence-corrected chi connectivity index (χ0v) is 15.6. The number of urea groups is 1. The number of aliphatic hydroxyl groups is 1. The number of aliphatic hydroxyl groups excluding tert-OH is 1. The minimum atomic E-state index is -0.947. The quantitative estimate of drug-likeness (QED) is 0.615. The lowest BCUT2D eigenvalue weighted by Gasteiger charge is -2.36. The molecule has 2 aromatic rings. The van der Waals surface area contributed by atoms with E-state index in [4.69, 9.17) is 14.6 Å². The maximum atomic E-state index is 12.3. The molecule has 4 rings (SSSR count). The molecule has 8 nitrogen and oxygen atoms in total. The molecule has 2 heterocycles. The smallest absolute Gasteiger partial charge is 0.323 e. The summed E-state index contributed by atoms with van der Waals surface area (Å²) in [7, 11) is 0. The third-order valence-electron chi connectivity index (χ3n) is 5.19. The van der Waals surface area contributed by atoms with Crippen LogP contribution in [0.3, 0.4) is 0 Å². The molecule has 29 heavy (non-hydrogen) atoms. The van der Waals surface area contributed by atoms with Gasteiger partial charge in [0.1, 0.15) is 18.0 Å². The first-order valence-corrected chi connectivity index (χ1v) is 9.45. The molecular weight excluding hydrogens is 376 g/mol. The average Bonchev–Trinajstić information content (AvgIpc) is 3.05. The lowest BCUT2D eigenvalue weighted by Crippen LogP contribution is -2.46. The zero-order chi connectivity index (χ0) is 20.4. The summed E-state index contributed by atoms with van der Waals surface area (Å²) in [5, 5.41) is 24.3. The summed E-state index contributed by atoms with van der Waals surface area (Å²) in [6, 6.07) is 14.1. The van der Waals surface area contributed by atoms with Gasteiger partial charge in [0, 0.05) is 22.9 Å². The van der Waals surface area contributed by atoms with Crippen molar-refractivity contribution in [2.45, 2.75) is 37.1 Å². The van der Waals surface area contributed by atoms with Gasteiger partial charge in [-0.1, -0.05) is 18.2 Å². The summed E-state index contributed by atoms with van der Waals surface area (Å²) in [5.74, 6) is -0.400. The Balaban J connectivity index is 1.50. The summed E-state index contributed by atoms with van der Waals surface area (Å²) < 4.78 is 11.7. The number of anilines is 2. The normalized spacial score (nSPS) is 24.7. The van der Waals surface area contributed by atoms with E-state index in [2.05, 4.69) is 10.6 Å². The van der Waals surface area contributed by atoms with Crippen molar-refractivity contribution in [1.82, 2.24) is 0 Å². The maximum Gasteiger partial charge on any atom is 0.323 e. The van der Waals surface area contributed by atoms with Crippen LogP contribution in [-0.2, 0) is 9.53 Å². The molecule has 4 N–H and O–H groups in total. The van der Waals surface area contributed by atoms with Gasteiger partial charge in [0.05, 0.1) is 19.1 Å². The maximum absolute atomic E-state index is 12.3. The van der Waals surface area contributed by atoms with E-state index >= 15 is 0 Å². The highest BCUT2D eigenvalue weighted by atomic mass is 16.6. The van der Waals surface area contributed by atoms with Gasteiger partial charge in [-0.15, -0.1) is 0 Å². The van der Waals surface area contributed by atoms with Crippen molar-refractivity contribution in [3.63, 3.8) is 0 Å². The molecule has 1 fully saturated rings. The second-order valence-electron chi connectivity index (χ2n) is 7.20. The number of fused-ring (bicyclic) bond motifs is 3. The predicted octanol–water partition coefficient (Wildman–Crippen LogP) is 2.80. The fraction of sp³-hybridized carbons (Fsp3) is 0.333. The summed E-state index contributed by atoms with van der Waals surface area (Å²) in [4.78, 5) is 23.4. The van der Waals surface area contributed by atoms with Gasteiger partial charge in [0.15, 0.2) is 0 Å². The first-order chi connectivity index (χ1) is 14.0. The Morgan fingerprint density at radius 1 is 1.07 bits per heavy atom. The molecule has 2 aliphatic rings. The number of rotatable bonds is 5. The van der Waals surface area contributed by atoms with Gasteiger partial charge in [-0.2, -0.15) is 0 Å². The van der Waals surface area contributed by atoms with Crippen LogP contribution in [0.5, 0.6) is 5.75 Å². The lowest BCUT2D eigenvalue weighted by atomic mass is 9.84. The van der Waals surface area contributed by atoms with Gasteiger partial charge >= 0.3 is 12.0 Å². The standard InChI is InChI=1S/C21H22N2O6/c24-11-18-20-16(9-14(28-18)10-19(25)26)15-8-13(6-7-17(15)29-20)23-21(27)22-12-4-2-1-3-5-12/h1-8,14,16,18,20,24H,9-11H2,(H,25,26)(H2,22,23,27)/t14-,16-,18+,20+/m0/s1. The second-order valence-corrected chi connectivity index (χ2v) is 7.20. The number of carbonyl (C=O) groups is 2. The van der Waals surface area contributed by atoms with Crippen molar-refractivity contribution in [3.05, 3.63) is 54.1 Å². The number of hydrogen-bond acceptors (Lipinski definition) is 5. The number of ether oxygens (including phenoxy) is 2. The highest BCUT2D eigenvalue weighted by Crippen LogP contribution is 2.47. The van der Waals surface area contributed by atoms with Gasteiger partial charge < -0.3 is 30.3 Å². The van der Waals surface area contributed by atoms with Crippen LogP contribution in [0.25, 0.3) is 0 Å². The van der Waals surface area contributed by atoms with Gasteiger partial charge in [0.2, 0.25) is 0 Å². The van der Waals surface area contributed by atoms with Gasteiger partial charge in [-0.05, 0) is 36.8 Å². The van der Waals surface area contributed by atoms with Crippen LogP contribution in [0, 0.1) is 0 Å². The van der Waals surface area contributed by atoms with Crippen LogP contribution < -0.4 is 15.4 Å². The highest BCUT2D eigenvalue weighted by Gasteiger charge is 2.46. The summed E-state index contributed by atoms with van der Waals surface area (Å²) in [6.45, 7) is -0.254. The molecule has 2 aliphatic heterocycles. The average molecular weight is 398 g/mol. The number of carboxylic acid groups (broad SMARTS) is 1. The van der Waals surface area contributed by atoms with Gasteiger partial charge in [-0.25, -0.2) is 4.79 Å². The van der Waals surface area contributed by atoms with Crippen molar-refractivity contribution >= 4 is 23.4 Å². The van der Waals surface area contributed by atoms with Gasteiger partial charge in [0.25, 0.3) is 0 Å². The molecule has 8 heteroatoms. The zero-order valence-electron chi connectivity index (χ0n) is 15.6. The first-order valence-electron chi connectivity index (χ1n) is 9.45. The molecule has 0 radical (unpaired) electrons. The van der Waals surface area contributed by atoms with Crippen LogP contribution in [-0.4, -0.2) is 47.1 Å². The molecule has 4 atom stereocenters. The molecule has 1 saturated heterocycles. The first kappa shape index (κ1) is 19.2. The van der Waals surface area contributed by atoms with E-state index in [-0.39, 0.29) is 31.1 Å². The molecular formula is C21H22N2O6. The second kappa shape index (κ2) is 8.10. The third kappa shape index (κ3) is 4.18. The Bertz CT molecular complexity index is 903. The molecule has 0 unspecified atom stereocenters. The fourth-order valence-corrected chi connectivity index (χ4v) is 3.98. The van der Waals surface area contributed by atoms with Crippen molar-refractivity contribution in [2.75, 3.05) is 17.2 Å². The number of para-hydroxylation sites is 1. The van der Waals surface area contributed by atoms with Crippen LogP contribution in [0.2, 0.25) is 0 Å². The van der Waals surface area contributed by atoms with Crippen molar-refractivity contribution in [2.24, 2.45) is 0 Å². The predicted molar refractivity (Wildman–Crippen MR) is 105 cm³/mol. The third-order valence-corrected chi connectivity index (χ3v) is 5.19. The van der Waals surface area contributed by atoms with Gasteiger partial charge in [-0.3, -0.25) is 4.79 Å². The molecule has 2 aromatic carbocycles. The molecule has 2 amide bonds. The summed E-state index contributed by atoms with van der Waals surface area (Å²) in [5.41, 5.74) is 2.16. The SMILES string of the molecule is O=C(O)C[C@@H]1C[C@H]2c3cc(NC(=O)Nc4ccccc4)ccc3O[C@H]2[C@@H](CO)O1. The summed E-state index contributed by atoms with van der Waals surface area (Å²) in [6.07, 6.45) is -1.14. The van der Waals surface area contributed by atoms with E-state index in [1.807, 2.05) is 24.3 Å². The van der Waals surface area contributed by atoms with E-state index in [0.717, 1.165) is 5.56 Å². The van der Waals surface area contributed by atoms with Crippen molar-refractivity contribution < 1.29 is 29.3 Å². The van der Waals surface area contributed by atoms with Crippen LogP contribution in [0.1, 0.15) is 24.3 Å². The Morgan fingerprint density at radius 3 is 2.55 bits per heavy atom. The van der Waals surface area contributed by atoms with E-state index in [1.54, 1.807) is 24.3 Å². The molecule has 0 aromatic heterocycles. The number of aliphatic carboxylic acids is 1. The van der Waals surface area contributed by atoms with E-state index < -0.39 is 18.2 Å². The minimum Gasteiger partial charge on any atom is -0.487 e. The molecule has 0 spiro atoms. The monoisotopic (exact) mass is 398 g/mol. The fourth-order valence-electron chi connectivity index (χ4n) is 3.98. The number of hydrogen-bond donors (Lipinski definition) is 4. The number of carboxylic acids is 1. The van der Waals surface area contributed by atoms with Crippen LogP contribution in [0.4, 0.5) is 16.2 Å². The molecule has 0 saturated carbocycles. The van der Waals surface area contributed by atoms with E-state index in [0.29, 0.717) is 23.5 Å². The Labute approximate surface area is 167 Å². The summed E-state index contributed by atoms with van der Waals surface area (Å²) >= 11 is 0. The number of benzene rings is 2. The Morgan fingerprint density at radius 2 is 1.83 bits per heavy atom. The molecule has 152 valence electrons. The topological polar surface area (TPSA) is 117 Å². The Hall–Kier alpha value is -3.10. The van der Waals surface area contributed by atoms with E-state index in [1.165, 1.54) is 0 Å². The molecule has 0 aliphatic carbocycles. The Kier molecular flexibility index (Phi) is 5.37. The highest BCUT2D eigenvalue weighted by molar-refractivity contribution is 5.99. The largest absolute Gasteiger partial charge is 0.487 e. The van der Waals surface area contributed by atoms with E-state index in [9.17, 15) is 14.7 Å². The minimum absolute atomic E-state index is 0.112. The molecule has 0 bridgehead atoms. The lowest BCUT2D eigenvalue weighted by molar-refractivity contribution is -0.153. The van der Waals surface area contributed by atoms with Crippen LogP contribution >= 0.6 is 0 Å². The number of carbonyl (C=O) groups excluding carboxylic acids is 1. The number of amides is 2. The number of nitrogens with one attached hydrogen (secondary N) is 2. The van der Waals surface area contributed by atoms with Crippen molar-refractivity contribution in [3.8, 4) is 5.75 Å². The van der Waals surface area contributed by atoms with Crippen LogP contribution in [0.15, 0.2) is 48.5 Å².